The van der Waals surface area contributed by atoms with Gasteiger partial charge in [-0.2, -0.15) is 0 Å². The van der Waals surface area contributed by atoms with Gasteiger partial charge >= 0.3 is 0 Å². The van der Waals surface area contributed by atoms with E-state index in [2.05, 4.69) is 4.90 Å². The van der Waals surface area contributed by atoms with Crippen molar-refractivity contribution in [2.45, 2.75) is 24.6 Å². The molecule has 2 heterocycles. The Hall–Kier alpha value is -0.930. The highest BCUT2D eigenvalue weighted by Crippen LogP contribution is 2.35. The quantitative estimate of drug-likeness (QED) is 0.785. The van der Waals surface area contributed by atoms with Crippen LogP contribution in [0.3, 0.4) is 0 Å². The second kappa shape index (κ2) is 5.37. The molecule has 1 saturated heterocycles. The average molecular weight is 268 g/mol. The third-order valence-electron chi connectivity index (χ3n) is 3.63. The van der Waals surface area contributed by atoms with Gasteiger partial charge in [0.05, 0.1) is 5.38 Å². The Kier molecular flexibility index (Phi) is 3.62. The summed E-state index contributed by atoms with van der Waals surface area (Å²) in [6, 6.07) is 5.99. The first-order valence-corrected chi connectivity index (χ1v) is 7.02. The minimum atomic E-state index is 0.0256. The fourth-order valence-corrected chi connectivity index (χ4v) is 2.91. The Balaban J connectivity index is 1.66. The van der Waals surface area contributed by atoms with Crippen LogP contribution in [0.15, 0.2) is 18.2 Å². The van der Waals surface area contributed by atoms with E-state index in [0.717, 1.165) is 23.6 Å². The third kappa shape index (κ3) is 2.57. The van der Waals surface area contributed by atoms with Crippen molar-refractivity contribution >= 4 is 11.6 Å². The van der Waals surface area contributed by atoms with Gasteiger partial charge in [0.25, 0.3) is 0 Å². The maximum Gasteiger partial charge on any atom is 0.231 e. The maximum atomic E-state index is 6.50. The van der Waals surface area contributed by atoms with E-state index in [-0.39, 0.29) is 5.38 Å². The number of hydrogen-bond donors (Lipinski definition) is 0. The van der Waals surface area contributed by atoms with E-state index >= 15 is 0 Å². The highest BCUT2D eigenvalue weighted by molar-refractivity contribution is 6.21. The number of rotatable bonds is 3. The van der Waals surface area contributed by atoms with E-state index in [1.54, 1.807) is 0 Å². The lowest BCUT2D eigenvalue weighted by Crippen LogP contribution is -2.32. The van der Waals surface area contributed by atoms with Crippen LogP contribution in [0, 0.1) is 0 Å². The van der Waals surface area contributed by atoms with Crippen molar-refractivity contribution in [2.75, 3.05) is 26.4 Å². The lowest BCUT2D eigenvalue weighted by Gasteiger charge is -2.28. The van der Waals surface area contributed by atoms with Crippen molar-refractivity contribution in [1.29, 1.82) is 0 Å². The normalized spacial score (nSPS) is 20.9. The molecule has 2 aliphatic rings. The summed E-state index contributed by atoms with van der Waals surface area (Å²) in [7, 11) is 0. The van der Waals surface area contributed by atoms with Gasteiger partial charge in [-0.1, -0.05) is 12.5 Å². The second-order valence-electron chi connectivity index (χ2n) is 4.94. The van der Waals surface area contributed by atoms with E-state index in [1.807, 2.05) is 18.2 Å². The Labute approximate surface area is 113 Å². The van der Waals surface area contributed by atoms with E-state index in [4.69, 9.17) is 21.1 Å². The lowest BCUT2D eigenvalue weighted by atomic mass is 10.1. The number of nitrogens with zero attached hydrogens (tertiary/aromatic N) is 1. The van der Waals surface area contributed by atoms with Crippen LogP contribution in [0.5, 0.6) is 11.5 Å². The molecule has 0 spiro atoms. The SMILES string of the molecule is ClC(CN1CCCCC1)c1ccc2c(c1)OCO2. The van der Waals surface area contributed by atoms with E-state index in [1.165, 1.54) is 32.4 Å². The van der Waals surface area contributed by atoms with Crippen LogP contribution >= 0.6 is 11.6 Å². The fourth-order valence-electron chi connectivity index (χ4n) is 2.58. The van der Waals surface area contributed by atoms with E-state index < -0.39 is 0 Å². The molecule has 3 rings (SSSR count). The predicted molar refractivity (Wildman–Crippen MR) is 71.5 cm³/mol. The first kappa shape index (κ1) is 12.1. The molecule has 1 aromatic carbocycles. The van der Waals surface area contributed by atoms with Gasteiger partial charge in [-0.15, -0.1) is 11.6 Å². The van der Waals surface area contributed by atoms with Gasteiger partial charge in [-0.05, 0) is 43.6 Å². The summed E-state index contributed by atoms with van der Waals surface area (Å²) < 4.78 is 10.7. The molecule has 18 heavy (non-hydrogen) atoms. The molecule has 2 aliphatic heterocycles. The smallest absolute Gasteiger partial charge is 0.231 e. The first-order valence-electron chi connectivity index (χ1n) is 6.59. The zero-order valence-corrected chi connectivity index (χ0v) is 11.2. The largest absolute Gasteiger partial charge is 0.454 e. The van der Waals surface area contributed by atoms with Crippen molar-refractivity contribution in [2.24, 2.45) is 0 Å². The molecule has 0 N–H and O–H groups in total. The molecular weight excluding hydrogens is 250 g/mol. The topological polar surface area (TPSA) is 21.7 Å². The van der Waals surface area contributed by atoms with Gasteiger partial charge in [0.2, 0.25) is 6.79 Å². The molecule has 0 bridgehead atoms. The second-order valence-corrected chi connectivity index (χ2v) is 5.47. The van der Waals surface area contributed by atoms with Crippen molar-refractivity contribution in [3.8, 4) is 11.5 Å². The molecule has 1 atom stereocenters. The molecule has 0 aliphatic carbocycles. The summed E-state index contributed by atoms with van der Waals surface area (Å²) in [5.74, 6) is 1.64. The molecule has 1 fully saturated rings. The van der Waals surface area contributed by atoms with Gasteiger partial charge in [0, 0.05) is 6.54 Å². The number of hydrogen-bond acceptors (Lipinski definition) is 3. The Morgan fingerprint density at radius 3 is 2.72 bits per heavy atom. The summed E-state index contributed by atoms with van der Waals surface area (Å²) in [6.45, 7) is 3.58. The molecule has 1 aromatic rings. The molecule has 0 aromatic heterocycles. The standard InChI is InChI=1S/C14H18ClNO2/c15-12(9-16-6-2-1-3-7-16)11-4-5-13-14(8-11)18-10-17-13/h4-5,8,12H,1-3,6-7,9-10H2. The zero-order valence-electron chi connectivity index (χ0n) is 10.4. The van der Waals surface area contributed by atoms with Crippen molar-refractivity contribution < 1.29 is 9.47 Å². The number of likely N-dealkylation sites (tertiary alicyclic amines) is 1. The molecule has 0 radical (unpaired) electrons. The first-order chi connectivity index (χ1) is 8.83. The number of benzene rings is 1. The van der Waals surface area contributed by atoms with Crippen molar-refractivity contribution in [3.05, 3.63) is 23.8 Å². The van der Waals surface area contributed by atoms with Gasteiger partial charge < -0.3 is 14.4 Å². The van der Waals surface area contributed by atoms with Crippen LogP contribution in [0.4, 0.5) is 0 Å². The molecular formula is C14H18ClNO2. The molecule has 1 unspecified atom stereocenters. The van der Waals surface area contributed by atoms with E-state index in [9.17, 15) is 0 Å². The highest BCUT2D eigenvalue weighted by Gasteiger charge is 2.19. The Morgan fingerprint density at radius 2 is 1.89 bits per heavy atom. The van der Waals surface area contributed by atoms with Gasteiger partial charge in [0.15, 0.2) is 11.5 Å². The molecule has 3 nitrogen and oxygen atoms in total. The summed E-state index contributed by atoms with van der Waals surface area (Å²) in [5.41, 5.74) is 1.12. The van der Waals surface area contributed by atoms with Crippen molar-refractivity contribution in [3.63, 3.8) is 0 Å². The third-order valence-corrected chi connectivity index (χ3v) is 4.02. The van der Waals surface area contributed by atoms with Gasteiger partial charge in [-0.25, -0.2) is 0 Å². The van der Waals surface area contributed by atoms with Crippen molar-refractivity contribution in [1.82, 2.24) is 4.90 Å². The molecule has 98 valence electrons. The average Bonchev–Trinajstić information content (AvgIpc) is 2.87. The lowest BCUT2D eigenvalue weighted by molar-refractivity contribution is 0.174. The van der Waals surface area contributed by atoms with Crippen LogP contribution in [-0.2, 0) is 0 Å². The van der Waals surface area contributed by atoms with Crippen LogP contribution in [0.1, 0.15) is 30.2 Å². The minimum Gasteiger partial charge on any atom is -0.454 e. The maximum absolute atomic E-state index is 6.50. The minimum absolute atomic E-state index is 0.0256. The Morgan fingerprint density at radius 1 is 1.11 bits per heavy atom. The number of halogens is 1. The highest BCUT2D eigenvalue weighted by atomic mass is 35.5. The fraction of sp³-hybridized carbons (Fsp3) is 0.571. The number of piperidine rings is 1. The van der Waals surface area contributed by atoms with Crippen LogP contribution < -0.4 is 9.47 Å². The van der Waals surface area contributed by atoms with Crippen LogP contribution in [0.25, 0.3) is 0 Å². The summed E-state index contributed by atoms with van der Waals surface area (Å²) >= 11 is 6.50. The molecule has 4 heteroatoms. The summed E-state index contributed by atoms with van der Waals surface area (Å²) in [5, 5.41) is 0.0256. The number of fused-ring (bicyclic) bond motifs is 1. The van der Waals surface area contributed by atoms with Gasteiger partial charge in [-0.3, -0.25) is 0 Å². The number of ether oxygens (including phenoxy) is 2. The molecule has 0 amide bonds. The summed E-state index contributed by atoms with van der Waals surface area (Å²) in [6.07, 6.45) is 3.95. The predicted octanol–water partition coefficient (Wildman–Crippen LogP) is 3.18. The van der Waals surface area contributed by atoms with Gasteiger partial charge in [0.1, 0.15) is 0 Å². The zero-order chi connectivity index (χ0) is 12.4. The summed E-state index contributed by atoms with van der Waals surface area (Å²) in [4.78, 5) is 2.45. The van der Waals surface area contributed by atoms with Crippen LogP contribution in [-0.4, -0.2) is 31.3 Å². The monoisotopic (exact) mass is 267 g/mol. The molecule has 0 saturated carbocycles. The van der Waals surface area contributed by atoms with Crippen LogP contribution in [0.2, 0.25) is 0 Å². The Bertz CT molecular complexity index is 418. The number of alkyl halides is 1. The van der Waals surface area contributed by atoms with E-state index in [0.29, 0.717) is 6.79 Å².